The molecular formula is C17H31N2O9P. The van der Waals surface area contributed by atoms with Gasteiger partial charge in [-0.3, -0.25) is 18.9 Å². The van der Waals surface area contributed by atoms with Crippen LogP contribution in [0.1, 0.15) is 33.3 Å². The molecule has 11 nitrogen and oxygen atoms in total. The number of aliphatic hydroxyl groups excluding tert-OH is 2. The fraction of sp³-hybridized carbons (Fsp3) is 0.765. The lowest BCUT2D eigenvalue weighted by Gasteiger charge is -2.23. The lowest BCUT2D eigenvalue weighted by molar-refractivity contribution is -0.0979. The topological polar surface area (TPSA) is 149 Å². The first kappa shape index (κ1) is 25.7. The number of rotatable bonds is 13. The summed E-state index contributed by atoms with van der Waals surface area (Å²) >= 11 is 0. The molecule has 12 heteroatoms. The maximum atomic E-state index is 12.6. The molecule has 0 bridgehead atoms. The molecule has 0 fully saturated rings. The highest BCUT2D eigenvalue weighted by Gasteiger charge is 2.28. The van der Waals surface area contributed by atoms with Crippen molar-refractivity contribution in [3.8, 4) is 0 Å². The number of nitrogens with one attached hydrogen (secondary N) is 1. The molecule has 0 aliphatic rings. The second-order valence-electron chi connectivity index (χ2n) is 7.10. The Morgan fingerprint density at radius 3 is 2.21 bits per heavy atom. The molecule has 3 N–H and O–H groups in total. The number of nitrogens with zero attached hydrogens (tertiary/aromatic N) is 1. The summed E-state index contributed by atoms with van der Waals surface area (Å²) in [5, 5.41) is 20.0. The Kier molecular flexibility index (Phi) is 10.4. The van der Waals surface area contributed by atoms with Crippen molar-refractivity contribution in [3.63, 3.8) is 0 Å². The minimum absolute atomic E-state index is 0.235. The Hall–Kier alpha value is -1.33. The van der Waals surface area contributed by atoms with Crippen LogP contribution in [0.15, 0.2) is 15.8 Å². The predicted molar refractivity (Wildman–Crippen MR) is 105 cm³/mol. The summed E-state index contributed by atoms with van der Waals surface area (Å²) < 4.78 is 34.6. The van der Waals surface area contributed by atoms with Crippen molar-refractivity contribution in [1.82, 2.24) is 9.55 Å². The molecule has 0 spiro atoms. The molecule has 1 aromatic heterocycles. The number of aryl methyl sites for hydroxylation is 1. The van der Waals surface area contributed by atoms with E-state index in [0.29, 0.717) is 5.56 Å². The molecule has 0 aliphatic carbocycles. The molecule has 29 heavy (non-hydrogen) atoms. The summed E-state index contributed by atoms with van der Waals surface area (Å²) in [6, 6.07) is 0. The van der Waals surface area contributed by atoms with Gasteiger partial charge < -0.3 is 28.7 Å². The van der Waals surface area contributed by atoms with E-state index in [1.807, 2.05) is 0 Å². The smallest absolute Gasteiger partial charge is 0.356 e. The molecule has 0 aliphatic heterocycles. The van der Waals surface area contributed by atoms with Gasteiger partial charge in [-0.15, -0.1) is 0 Å². The number of hydrogen-bond donors (Lipinski definition) is 3. The molecule has 2 unspecified atom stereocenters. The van der Waals surface area contributed by atoms with Crippen molar-refractivity contribution >= 4 is 7.60 Å². The van der Waals surface area contributed by atoms with Crippen molar-refractivity contribution < 1.29 is 33.3 Å². The molecule has 0 aromatic carbocycles. The van der Waals surface area contributed by atoms with Gasteiger partial charge in [-0.1, -0.05) is 0 Å². The van der Waals surface area contributed by atoms with E-state index in [1.165, 1.54) is 13.1 Å². The predicted octanol–water partition coefficient (Wildman–Crippen LogP) is 0.558. The normalized spacial score (nSPS) is 14.5. The highest BCUT2D eigenvalue weighted by atomic mass is 31.2. The first-order chi connectivity index (χ1) is 13.4. The molecule has 0 radical (unpaired) electrons. The van der Waals surface area contributed by atoms with Crippen molar-refractivity contribution in [3.05, 3.63) is 32.6 Å². The Morgan fingerprint density at radius 1 is 1.07 bits per heavy atom. The number of ether oxygens (including phenoxy) is 2. The largest absolute Gasteiger partial charge is 0.388 e. The van der Waals surface area contributed by atoms with Crippen LogP contribution in [0.25, 0.3) is 0 Å². The zero-order chi connectivity index (χ0) is 22.2. The van der Waals surface area contributed by atoms with Gasteiger partial charge in [-0.25, -0.2) is 4.79 Å². The zero-order valence-corrected chi connectivity index (χ0v) is 18.3. The van der Waals surface area contributed by atoms with Gasteiger partial charge in [0.25, 0.3) is 5.56 Å². The SMILES string of the molecule is Cc1cn(CC(O)C(O)COCOCP(=O)(OC(C)C)OC(C)C)c(=O)[nH]c1=O. The maximum absolute atomic E-state index is 12.6. The summed E-state index contributed by atoms with van der Waals surface area (Å²) in [5.74, 6) is 0. The number of aliphatic hydroxyl groups is 2. The Balaban J connectivity index is 2.45. The van der Waals surface area contributed by atoms with E-state index in [9.17, 15) is 24.4 Å². The summed E-state index contributed by atoms with van der Waals surface area (Å²) in [7, 11) is -3.46. The molecular weight excluding hydrogens is 407 g/mol. The van der Waals surface area contributed by atoms with E-state index in [1.54, 1.807) is 27.7 Å². The fourth-order valence-electron chi connectivity index (χ4n) is 2.29. The summed E-state index contributed by atoms with van der Waals surface area (Å²) in [6.07, 6.45) is -2.31. The minimum atomic E-state index is -3.46. The third kappa shape index (κ3) is 9.35. The molecule has 2 atom stereocenters. The molecule has 168 valence electrons. The first-order valence-electron chi connectivity index (χ1n) is 9.21. The van der Waals surface area contributed by atoms with Crippen molar-refractivity contribution in [2.24, 2.45) is 0 Å². The number of aromatic nitrogens is 2. The fourth-order valence-corrected chi connectivity index (χ4v) is 4.05. The van der Waals surface area contributed by atoms with Crippen molar-refractivity contribution in [2.75, 3.05) is 19.7 Å². The van der Waals surface area contributed by atoms with E-state index in [2.05, 4.69) is 4.98 Å². The first-order valence-corrected chi connectivity index (χ1v) is 10.9. The Labute approximate surface area is 169 Å². The van der Waals surface area contributed by atoms with Crippen LogP contribution in [-0.4, -0.2) is 63.9 Å². The second-order valence-corrected chi connectivity index (χ2v) is 9.00. The van der Waals surface area contributed by atoms with Gasteiger partial charge in [0, 0.05) is 11.8 Å². The standard InChI is InChI=1S/C17H31N2O9P/c1-11(2)27-29(24,28-12(3)4)10-26-9-25-8-15(21)14(20)7-19-6-13(5)16(22)18-17(19)23/h6,11-12,14-15,20-21H,7-10H2,1-5H3,(H,18,22,23). The number of aromatic amines is 1. The molecule has 1 aromatic rings. The van der Waals surface area contributed by atoms with E-state index in [-0.39, 0.29) is 38.5 Å². The van der Waals surface area contributed by atoms with Crippen LogP contribution >= 0.6 is 7.60 Å². The molecule has 1 rings (SSSR count). The molecule has 0 amide bonds. The van der Waals surface area contributed by atoms with Crippen LogP contribution < -0.4 is 11.2 Å². The monoisotopic (exact) mass is 438 g/mol. The summed E-state index contributed by atoms with van der Waals surface area (Å²) in [6.45, 7) is 7.57. The molecule has 0 saturated heterocycles. The summed E-state index contributed by atoms with van der Waals surface area (Å²) in [5.41, 5.74) is -0.906. The van der Waals surface area contributed by atoms with Gasteiger partial charge in [0.1, 0.15) is 19.0 Å². The van der Waals surface area contributed by atoms with Crippen LogP contribution in [0.3, 0.4) is 0 Å². The van der Waals surface area contributed by atoms with Crippen LogP contribution in [0, 0.1) is 6.92 Å². The van der Waals surface area contributed by atoms with Gasteiger partial charge in [-0.2, -0.15) is 0 Å². The Bertz CT molecular complexity index is 776. The van der Waals surface area contributed by atoms with E-state index < -0.39 is 31.1 Å². The third-order valence-electron chi connectivity index (χ3n) is 3.46. The van der Waals surface area contributed by atoms with Crippen LogP contribution in [0.2, 0.25) is 0 Å². The highest BCUT2D eigenvalue weighted by molar-refractivity contribution is 7.53. The van der Waals surface area contributed by atoms with Crippen LogP contribution in [-0.2, 0) is 29.6 Å². The van der Waals surface area contributed by atoms with E-state index >= 15 is 0 Å². The quantitative estimate of drug-likeness (QED) is 0.228. The van der Waals surface area contributed by atoms with Gasteiger partial charge in [0.05, 0.1) is 25.4 Å². The van der Waals surface area contributed by atoms with Gasteiger partial charge in [-0.05, 0) is 34.6 Å². The highest BCUT2D eigenvalue weighted by Crippen LogP contribution is 2.50. The van der Waals surface area contributed by atoms with E-state index in [0.717, 1.165) is 4.57 Å². The molecule has 0 saturated carbocycles. The van der Waals surface area contributed by atoms with Crippen molar-refractivity contribution in [1.29, 1.82) is 0 Å². The zero-order valence-electron chi connectivity index (χ0n) is 17.4. The third-order valence-corrected chi connectivity index (χ3v) is 5.45. The van der Waals surface area contributed by atoms with E-state index in [4.69, 9.17) is 18.5 Å². The lowest BCUT2D eigenvalue weighted by Crippen LogP contribution is -2.39. The second kappa shape index (κ2) is 11.8. The molecule has 1 heterocycles. The summed E-state index contributed by atoms with van der Waals surface area (Å²) in [4.78, 5) is 25.2. The van der Waals surface area contributed by atoms with Crippen LogP contribution in [0.5, 0.6) is 0 Å². The number of H-pyrrole nitrogens is 1. The minimum Gasteiger partial charge on any atom is -0.388 e. The van der Waals surface area contributed by atoms with Crippen molar-refractivity contribution in [2.45, 2.75) is 65.6 Å². The van der Waals surface area contributed by atoms with Gasteiger partial charge >= 0.3 is 13.3 Å². The van der Waals surface area contributed by atoms with Gasteiger partial charge in [0.15, 0.2) is 6.35 Å². The van der Waals surface area contributed by atoms with Crippen LogP contribution in [0.4, 0.5) is 0 Å². The lowest BCUT2D eigenvalue weighted by atomic mass is 10.2. The maximum Gasteiger partial charge on any atom is 0.356 e. The Morgan fingerprint density at radius 2 is 1.66 bits per heavy atom. The van der Waals surface area contributed by atoms with Gasteiger partial charge in [0.2, 0.25) is 0 Å². The number of hydrogen-bond acceptors (Lipinski definition) is 9. The average Bonchev–Trinajstić information content (AvgIpc) is 2.57. The average molecular weight is 438 g/mol.